The van der Waals surface area contributed by atoms with Gasteiger partial charge in [-0.25, -0.2) is 0 Å². The summed E-state index contributed by atoms with van der Waals surface area (Å²) in [6.07, 6.45) is 1.40. The van der Waals surface area contributed by atoms with Crippen LogP contribution in [-0.2, 0) is 0 Å². The highest BCUT2D eigenvalue weighted by Crippen LogP contribution is 2.46. The topological polar surface area (TPSA) is 36.7 Å². The number of pyridine rings is 1. The minimum atomic E-state index is 0.228. The predicted molar refractivity (Wildman–Crippen MR) is 110 cm³/mol. The number of hydrogen-bond acceptors (Lipinski definition) is 2. The van der Waals surface area contributed by atoms with Crippen molar-refractivity contribution in [3.05, 3.63) is 72.2 Å². The predicted octanol–water partition coefficient (Wildman–Crippen LogP) is 8.21. The number of rotatable bonds is 2. The molecule has 0 saturated carbocycles. The highest BCUT2D eigenvalue weighted by Gasteiger charge is 2.22. The van der Waals surface area contributed by atoms with Gasteiger partial charge >= 0.3 is 0 Å². The van der Waals surface area contributed by atoms with Gasteiger partial charge in [0.05, 0.1) is 41.4 Å². The Morgan fingerprint density at radius 2 is 1.23 bits per heavy atom. The molecule has 0 amide bonds. The quantitative estimate of drug-likeness (QED) is 0.360. The van der Waals surface area contributed by atoms with Crippen LogP contribution < -0.4 is 0 Å². The first-order chi connectivity index (χ1) is 12.3. The summed E-state index contributed by atoms with van der Waals surface area (Å²) in [5.41, 5.74) is 1.99. The van der Waals surface area contributed by atoms with Crippen molar-refractivity contribution in [2.45, 2.75) is 0 Å². The van der Waals surface area contributed by atoms with E-state index in [1.54, 1.807) is 30.3 Å². The SMILES string of the molecule is N#Cc1cnc(-c2c(Cl)ccc(Cl)c2Cl)c(-c2c(Cl)ccc(Cl)c2Cl)c1. The van der Waals surface area contributed by atoms with E-state index in [1.807, 2.05) is 6.07 Å². The van der Waals surface area contributed by atoms with Gasteiger partial charge in [0.2, 0.25) is 0 Å². The highest BCUT2D eigenvalue weighted by molar-refractivity contribution is 6.47. The standard InChI is InChI=1S/C18H6Cl6N2/c19-10-1-3-12(21)16(23)14(10)9-5-8(6-25)7-26-18(9)15-11(20)2-4-13(22)17(15)24/h1-5,7H. The maximum absolute atomic E-state index is 9.26. The van der Waals surface area contributed by atoms with Crippen molar-refractivity contribution in [3.63, 3.8) is 0 Å². The first kappa shape index (κ1) is 19.6. The fourth-order valence-electron chi connectivity index (χ4n) is 2.43. The van der Waals surface area contributed by atoms with Crippen molar-refractivity contribution in [2.24, 2.45) is 0 Å². The zero-order chi connectivity index (χ0) is 19.0. The lowest BCUT2D eigenvalue weighted by Crippen LogP contribution is -1.95. The van der Waals surface area contributed by atoms with Crippen LogP contribution in [0.15, 0.2) is 36.5 Å². The largest absolute Gasteiger partial charge is 0.254 e. The van der Waals surface area contributed by atoms with Gasteiger partial charge in [-0.15, -0.1) is 0 Å². The Morgan fingerprint density at radius 1 is 0.731 bits per heavy atom. The lowest BCUT2D eigenvalue weighted by atomic mass is 9.97. The van der Waals surface area contributed by atoms with E-state index in [4.69, 9.17) is 69.6 Å². The summed E-state index contributed by atoms with van der Waals surface area (Å²) >= 11 is 37.7. The third-order valence-corrected chi connectivity index (χ3v) is 5.85. The van der Waals surface area contributed by atoms with Gasteiger partial charge in [0, 0.05) is 22.9 Å². The first-order valence-electron chi connectivity index (χ1n) is 7.03. The molecule has 0 fully saturated rings. The summed E-state index contributed by atoms with van der Waals surface area (Å²) in [5.74, 6) is 0. The van der Waals surface area contributed by atoms with Crippen LogP contribution in [0.2, 0.25) is 30.1 Å². The molecule has 130 valence electrons. The van der Waals surface area contributed by atoms with Crippen LogP contribution in [0.1, 0.15) is 5.56 Å². The second kappa shape index (κ2) is 7.82. The van der Waals surface area contributed by atoms with E-state index in [2.05, 4.69) is 4.98 Å². The van der Waals surface area contributed by atoms with Gasteiger partial charge in [-0.1, -0.05) is 69.6 Å². The molecule has 0 spiro atoms. The zero-order valence-corrected chi connectivity index (χ0v) is 17.2. The van der Waals surface area contributed by atoms with Crippen molar-refractivity contribution in [1.29, 1.82) is 5.26 Å². The molecule has 3 rings (SSSR count). The Hall–Kier alpha value is -1.18. The van der Waals surface area contributed by atoms with Crippen LogP contribution in [0.25, 0.3) is 22.4 Å². The summed E-state index contributed by atoms with van der Waals surface area (Å²) in [7, 11) is 0. The fraction of sp³-hybridized carbons (Fsp3) is 0. The average molecular weight is 463 g/mol. The van der Waals surface area contributed by atoms with Gasteiger partial charge in [-0.2, -0.15) is 5.26 Å². The monoisotopic (exact) mass is 460 g/mol. The van der Waals surface area contributed by atoms with Crippen molar-refractivity contribution in [3.8, 4) is 28.5 Å². The van der Waals surface area contributed by atoms with Gasteiger partial charge in [0.15, 0.2) is 0 Å². The molecular weight excluding hydrogens is 457 g/mol. The number of nitriles is 1. The van der Waals surface area contributed by atoms with Crippen molar-refractivity contribution < 1.29 is 0 Å². The lowest BCUT2D eigenvalue weighted by molar-refractivity contribution is 1.30. The van der Waals surface area contributed by atoms with E-state index < -0.39 is 0 Å². The molecule has 0 radical (unpaired) electrons. The van der Waals surface area contributed by atoms with E-state index in [0.717, 1.165) is 0 Å². The highest BCUT2D eigenvalue weighted by atomic mass is 35.5. The van der Waals surface area contributed by atoms with Crippen LogP contribution in [-0.4, -0.2) is 4.98 Å². The van der Waals surface area contributed by atoms with Crippen LogP contribution in [0, 0.1) is 11.3 Å². The van der Waals surface area contributed by atoms with Crippen LogP contribution in [0.5, 0.6) is 0 Å². The van der Waals surface area contributed by atoms with Gasteiger partial charge in [0.25, 0.3) is 0 Å². The third kappa shape index (κ3) is 3.49. The van der Waals surface area contributed by atoms with Crippen LogP contribution in [0.4, 0.5) is 0 Å². The summed E-state index contributed by atoms with van der Waals surface area (Å²) < 4.78 is 0. The Morgan fingerprint density at radius 3 is 1.81 bits per heavy atom. The zero-order valence-electron chi connectivity index (χ0n) is 12.6. The van der Waals surface area contributed by atoms with Crippen molar-refractivity contribution >= 4 is 69.6 Å². The molecule has 26 heavy (non-hydrogen) atoms. The Labute approximate surface area is 179 Å². The molecule has 8 heteroatoms. The van der Waals surface area contributed by atoms with Crippen molar-refractivity contribution in [2.75, 3.05) is 0 Å². The maximum Gasteiger partial charge on any atom is 0.101 e. The Kier molecular flexibility index (Phi) is 5.89. The van der Waals surface area contributed by atoms with E-state index in [1.165, 1.54) is 6.20 Å². The number of hydrogen-bond donors (Lipinski definition) is 0. The minimum Gasteiger partial charge on any atom is -0.254 e. The van der Waals surface area contributed by atoms with Gasteiger partial charge in [0.1, 0.15) is 6.07 Å². The molecule has 1 aromatic heterocycles. The van der Waals surface area contributed by atoms with E-state index in [0.29, 0.717) is 48.0 Å². The Bertz CT molecular complexity index is 1070. The second-order valence-corrected chi connectivity index (χ2v) is 7.55. The summed E-state index contributed by atoms with van der Waals surface area (Å²) in [6, 6.07) is 10.0. The van der Waals surface area contributed by atoms with E-state index in [9.17, 15) is 5.26 Å². The molecule has 2 aromatic carbocycles. The van der Waals surface area contributed by atoms with E-state index >= 15 is 0 Å². The maximum atomic E-state index is 9.26. The summed E-state index contributed by atoms with van der Waals surface area (Å²) in [4.78, 5) is 4.36. The molecule has 3 aromatic rings. The normalized spacial score (nSPS) is 10.7. The van der Waals surface area contributed by atoms with Gasteiger partial charge in [-0.3, -0.25) is 4.98 Å². The molecule has 0 aliphatic rings. The minimum absolute atomic E-state index is 0.228. The number of benzene rings is 2. The molecule has 0 N–H and O–H groups in total. The summed E-state index contributed by atoms with van der Waals surface area (Å²) in [5, 5.41) is 11.0. The fourth-order valence-corrected chi connectivity index (χ4v) is 3.87. The molecular formula is C18H6Cl6N2. The van der Waals surface area contributed by atoms with Gasteiger partial charge in [-0.05, 0) is 30.3 Å². The van der Waals surface area contributed by atoms with Crippen molar-refractivity contribution in [1.82, 2.24) is 4.98 Å². The number of nitrogens with zero attached hydrogens (tertiary/aromatic N) is 2. The molecule has 2 nitrogen and oxygen atoms in total. The average Bonchev–Trinajstić information content (AvgIpc) is 2.63. The Balaban J connectivity index is 2.44. The summed E-state index contributed by atoms with van der Waals surface area (Å²) in [6.45, 7) is 0. The molecule has 0 atom stereocenters. The molecule has 0 aliphatic carbocycles. The molecule has 0 saturated heterocycles. The third-order valence-electron chi connectivity index (χ3n) is 3.61. The van der Waals surface area contributed by atoms with E-state index in [-0.39, 0.29) is 10.0 Å². The first-order valence-corrected chi connectivity index (χ1v) is 9.29. The van der Waals surface area contributed by atoms with Crippen LogP contribution >= 0.6 is 69.6 Å². The van der Waals surface area contributed by atoms with Gasteiger partial charge < -0.3 is 0 Å². The molecule has 0 unspecified atom stereocenters. The molecule has 0 aliphatic heterocycles. The van der Waals surface area contributed by atoms with Crippen LogP contribution in [0.3, 0.4) is 0 Å². The number of halogens is 6. The molecule has 0 bridgehead atoms. The number of aromatic nitrogens is 1. The smallest absolute Gasteiger partial charge is 0.101 e. The molecule has 1 heterocycles. The lowest BCUT2D eigenvalue weighted by Gasteiger charge is -2.16. The second-order valence-electron chi connectivity index (χ2n) is 5.17.